The van der Waals surface area contributed by atoms with Gasteiger partial charge in [-0.15, -0.1) is 24.8 Å². The molecule has 0 spiro atoms. The maximum Gasteiger partial charge on any atom is 0.208 e. The molecule has 9 rings (SSSR count). The topological polar surface area (TPSA) is 183 Å². The molecule has 0 atom stereocenters. The van der Waals surface area contributed by atoms with Crippen molar-refractivity contribution in [3.63, 3.8) is 0 Å². The van der Waals surface area contributed by atoms with Crippen LogP contribution in [0.2, 0.25) is 0 Å². The molecule has 354 valence electrons. The van der Waals surface area contributed by atoms with Gasteiger partial charge in [0.15, 0.2) is 46.3 Å². The molecule has 19 heteroatoms. The van der Waals surface area contributed by atoms with Gasteiger partial charge >= 0.3 is 0 Å². The third-order valence-electron chi connectivity index (χ3n) is 10.5. The van der Waals surface area contributed by atoms with Gasteiger partial charge in [0, 0.05) is 21.9 Å². The van der Waals surface area contributed by atoms with E-state index in [2.05, 4.69) is 9.97 Å². The Balaban J connectivity index is 0.00000247. The zero-order valence-electron chi connectivity index (χ0n) is 38.0. The van der Waals surface area contributed by atoms with Crippen LogP contribution >= 0.6 is 24.8 Å². The van der Waals surface area contributed by atoms with Gasteiger partial charge in [-0.3, -0.25) is 0 Å². The minimum Gasteiger partial charge on any atom is -0.489 e. The number of aromatic nitrogens is 8. The van der Waals surface area contributed by atoms with Crippen LogP contribution in [0.15, 0.2) is 48.5 Å². The third kappa shape index (κ3) is 8.55. The second-order valence-electron chi connectivity index (χ2n) is 14.3. The first-order valence-corrected chi connectivity index (χ1v) is 21.9. The normalized spacial score (nSPS) is 11.1. The summed E-state index contributed by atoms with van der Waals surface area (Å²) in [6.07, 6.45) is 0. The summed E-state index contributed by atoms with van der Waals surface area (Å²) in [7, 11) is 0. The Labute approximate surface area is 404 Å². The average molecular weight is 972 g/mol. The minimum absolute atomic E-state index is 0. The fourth-order valence-corrected chi connectivity index (χ4v) is 8.22. The van der Waals surface area contributed by atoms with Gasteiger partial charge in [-0.1, -0.05) is 48.5 Å². The Morgan fingerprint density at radius 3 is 1.03 bits per heavy atom. The number of hydrogen-bond acceptors (Lipinski definition) is 14. The van der Waals surface area contributed by atoms with Crippen molar-refractivity contribution < 1.29 is 37.9 Å². The Morgan fingerprint density at radius 1 is 0.343 bits per heavy atom. The lowest BCUT2D eigenvalue weighted by Crippen LogP contribution is -2.07. The maximum atomic E-state index is 6.52. The molecule has 3 aromatic heterocycles. The number of nitrogens with one attached hydrogen (secondary N) is 2. The van der Waals surface area contributed by atoms with E-state index in [0.29, 0.717) is 161 Å². The van der Waals surface area contributed by atoms with Crippen molar-refractivity contribution in [3.8, 4) is 91.5 Å². The first-order chi connectivity index (χ1) is 31.4. The number of halogens is 2. The molecule has 2 aliphatic heterocycles. The van der Waals surface area contributed by atoms with Gasteiger partial charge < -0.3 is 47.9 Å². The number of aromatic amines is 2. The lowest BCUT2D eigenvalue weighted by atomic mass is 10.0. The van der Waals surface area contributed by atoms with E-state index < -0.39 is 0 Å². The van der Waals surface area contributed by atoms with Crippen LogP contribution < -0.4 is 37.9 Å². The molecule has 2 N–H and O–H groups in total. The zero-order chi connectivity index (χ0) is 44.5. The Bertz CT molecular complexity index is 3110. The summed E-state index contributed by atoms with van der Waals surface area (Å²) in [4.78, 5) is 38.5. The van der Waals surface area contributed by atoms with Crippen molar-refractivity contribution in [3.05, 3.63) is 48.5 Å². The molecule has 8 bridgehead atoms. The Kier molecular flexibility index (Phi) is 15.9. The van der Waals surface area contributed by atoms with Crippen LogP contribution in [0, 0.1) is 0 Å². The van der Waals surface area contributed by atoms with Crippen molar-refractivity contribution in [1.29, 1.82) is 0 Å². The summed E-state index contributed by atoms with van der Waals surface area (Å²) in [5.41, 5.74) is 4.39. The number of fused-ring (bicyclic) bond motifs is 20. The fourth-order valence-electron chi connectivity index (χ4n) is 8.22. The van der Waals surface area contributed by atoms with Crippen LogP contribution in [-0.2, 0) is 0 Å². The fraction of sp³-hybridized carbons (Fsp3) is 0.333. The molecular formula is C48H56Cl2N8O8Si. The summed E-state index contributed by atoms with van der Waals surface area (Å²) in [5, 5.41) is 2.72. The number of H-pyrrole nitrogens is 2. The molecule has 0 saturated carbocycles. The molecule has 5 heterocycles. The Hall–Kier alpha value is -6.56. The highest BCUT2D eigenvalue weighted by Crippen LogP contribution is 2.59. The third-order valence-corrected chi connectivity index (χ3v) is 10.5. The SMILES string of the molecule is CCOc1c(OCC)c(OCC)c2c(c1OCC)-c1nc-2nc2[nH]c(nc3nc(nc4[nH]c(n1)c1ccccc41)-c1ccccc1-3)c1c(OCC)c(OCC)c(OCC)c(OCC)c21.Cl.Cl.[SiH4]. The van der Waals surface area contributed by atoms with Gasteiger partial charge in [-0.25, -0.2) is 29.9 Å². The molecule has 0 radical (unpaired) electrons. The number of rotatable bonds is 16. The van der Waals surface area contributed by atoms with E-state index in [4.69, 9.17) is 67.8 Å². The van der Waals surface area contributed by atoms with Crippen LogP contribution in [0.1, 0.15) is 55.4 Å². The second kappa shape index (κ2) is 21.4. The van der Waals surface area contributed by atoms with Crippen LogP contribution in [0.4, 0.5) is 0 Å². The van der Waals surface area contributed by atoms with E-state index in [-0.39, 0.29) is 41.6 Å². The van der Waals surface area contributed by atoms with E-state index in [1.54, 1.807) is 0 Å². The van der Waals surface area contributed by atoms with Crippen LogP contribution in [-0.4, -0.2) is 104 Å². The first-order valence-electron chi connectivity index (χ1n) is 21.9. The quantitative estimate of drug-likeness (QED) is 0.0873. The molecular weight excluding hydrogens is 916 g/mol. The predicted octanol–water partition coefficient (Wildman–Crippen LogP) is 9.45. The lowest BCUT2D eigenvalue weighted by Gasteiger charge is -2.22. The number of ether oxygens (including phenoxy) is 8. The van der Waals surface area contributed by atoms with Crippen molar-refractivity contribution in [2.45, 2.75) is 55.4 Å². The van der Waals surface area contributed by atoms with E-state index in [0.717, 1.165) is 21.9 Å². The van der Waals surface area contributed by atoms with Gasteiger partial charge in [0.2, 0.25) is 23.0 Å². The maximum absolute atomic E-state index is 6.52. The average Bonchev–Trinajstić information content (AvgIpc) is 4.04. The molecule has 7 aromatic rings. The van der Waals surface area contributed by atoms with E-state index in [1.165, 1.54) is 0 Å². The summed E-state index contributed by atoms with van der Waals surface area (Å²) in [5.74, 6) is 4.46. The molecule has 0 unspecified atom stereocenters. The van der Waals surface area contributed by atoms with E-state index in [1.807, 2.05) is 104 Å². The van der Waals surface area contributed by atoms with Crippen LogP contribution in [0.25, 0.3) is 89.7 Å². The smallest absolute Gasteiger partial charge is 0.208 e. The van der Waals surface area contributed by atoms with Crippen LogP contribution in [0.5, 0.6) is 46.0 Å². The van der Waals surface area contributed by atoms with Crippen molar-refractivity contribution in [2.24, 2.45) is 0 Å². The van der Waals surface area contributed by atoms with Crippen molar-refractivity contribution in [1.82, 2.24) is 39.9 Å². The summed E-state index contributed by atoms with van der Waals surface area (Å²) in [6.45, 7) is 17.7. The van der Waals surface area contributed by atoms with Gasteiger partial charge in [0.05, 0.1) is 74.8 Å². The molecule has 2 aliphatic rings. The number of nitrogens with zero attached hydrogens (tertiary/aromatic N) is 6. The predicted molar refractivity (Wildman–Crippen MR) is 271 cm³/mol. The highest BCUT2D eigenvalue weighted by Gasteiger charge is 2.37. The summed E-state index contributed by atoms with van der Waals surface area (Å²) >= 11 is 0. The molecule has 16 nitrogen and oxygen atoms in total. The highest BCUT2D eigenvalue weighted by atomic mass is 35.5. The molecule has 0 aliphatic carbocycles. The van der Waals surface area contributed by atoms with E-state index >= 15 is 0 Å². The standard InChI is InChI=1S/C48H50N8O8.2ClH.H4Si/c1-9-57-33-29-31(35(59-11-3)39(63-15-7)37(33)61-13-5)47-54-45(29)52-43-27-23-19-17-21-25(27)41(50-43)49-42-26-22-18-20-24-28(26)44(51-42)53-46-30-32(48(55-46)56-47)36(60-12-4)40(64-16-8)38(62-14-6)34(30)58-10-2;;;/h17-24H,9-16H2,1-8H3,(H2,49,50,51,52,53,54,55,56);2*1H;1H4. The molecule has 0 amide bonds. The summed E-state index contributed by atoms with van der Waals surface area (Å²) < 4.78 is 51.5. The largest absolute Gasteiger partial charge is 0.489 e. The number of benzene rings is 4. The molecule has 0 saturated heterocycles. The lowest BCUT2D eigenvalue weighted by molar-refractivity contribution is 0.245. The number of hydrogen-bond donors (Lipinski definition) is 2. The minimum atomic E-state index is 0. The second-order valence-corrected chi connectivity index (χ2v) is 14.3. The molecule has 4 aromatic carbocycles. The molecule has 67 heavy (non-hydrogen) atoms. The van der Waals surface area contributed by atoms with E-state index in [9.17, 15) is 0 Å². The van der Waals surface area contributed by atoms with Crippen molar-refractivity contribution >= 4 is 79.9 Å². The van der Waals surface area contributed by atoms with Crippen molar-refractivity contribution in [2.75, 3.05) is 52.9 Å². The Morgan fingerprint density at radius 2 is 0.627 bits per heavy atom. The van der Waals surface area contributed by atoms with Gasteiger partial charge in [-0.2, -0.15) is 0 Å². The highest BCUT2D eigenvalue weighted by molar-refractivity contribution is 6.15. The summed E-state index contributed by atoms with van der Waals surface area (Å²) in [6, 6.07) is 15.8. The van der Waals surface area contributed by atoms with Gasteiger partial charge in [-0.05, 0) is 66.4 Å². The van der Waals surface area contributed by atoms with Gasteiger partial charge in [0.25, 0.3) is 0 Å². The van der Waals surface area contributed by atoms with Crippen LogP contribution in [0.3, 0.4) is 0 Å². The molecule has 0 fully saturated rings. The first kappa shape index (κ1) is 49.9. The monoisotopic (exact) mass is 970 g/mol. The van der Waals surface area contributed by atoms with Gasteiger partial charge in [0.1, 0.15) is 22.6 Å². The zero-order valence-corrected chi connectivity index (χ0v) is 39.7.